The van der Waals surface area contributed by atoms with Gasteiger partial charge in [-0.1, -0.05) is 42.4 Å². The van der Waals surface area contributed by atoms with Crippen molar-refractivity contribution in [2.24, 2.45) is 5.92 Å². The molecule has 0 spiro atoms. The molecule has 0 saturated carbocycles. The molecular weight excluding hydrogens is 414 g/mol. The lowest BCUT2D eigenvalue weighted by Gasteiger charge is -2.07. The number of halogens is 1. The van der Waals surface area contributed by atoms with Gasteiger partial charge in [0, 0.05) is 23.6 Å². The summed E-state index contributed by atoms with van der Waals surface area (Å²) in [7, 11) is 0. The van der Waals surface area contributed by atoms with Gasteiger partial charge >= 0.3 is 5.97 Å². The molecule has 29 heavy (non-hydrogen) atoms. The Hall–Kier alpha value is -2.39. The molecule has 0 amide bonds. The molecule has 3 aromatic rings. The third-order valence-corrected chi connectivity index (χ3v) is 5.10. The number of nitrogens with zero attached hydrogens (tertiary/aromatic N) is 5. The number of carbonyl (C=O) groups is 1. The van der Waals surface area contributed by atoms with Gasteiger partial charge in [-0.15, -0.1) is 10.2 Å². The molecule has 0 N–H and O–H groups in total. The minimum Gasteiger partial charge on any atom is -0.455 e. The fraction of sp³-hybridized carbons (Fsp3) is 0.421. The van der Waals surface area contributed by atoms with Gasteiger partial charge < -0.3 is 13.8 Å². The number of carbonyl (C=O) groups excluding carboxylic acids is 1. The zero-order valence-corrected chi connectivity index (χ0v) is 18.0. The standard InChI is InChI=1S/C19H22ClN5O3S/c1-4-25-18(13-5-7-14(20)8-6-13)22-23-19(25)29-11-17(26)27-10-16-21-15(24-28-16)9-12(2)3/h5-8,12H,4,9-11H2,1-3H3. The Morgan fingerprint density at radius 2 is 2.03 bits per heavy atom. The van der Waals surface area contributed by atoms with Crippen LogP contribution in [0, 0.1) is 5.92 Å². The first-order chi connectivity index (χ1) is 14.0. The number of benzene rings is 1. The topological polar surface area (TPSA) is 95.9 Å². The van der Waals surface area contributed by atoms with E-state index in [1.807, 2.05) is 23.6 Å². The summed E-state index contributed by atoms with van der Waals surface area (Å²) in [5.41, 5.74) is 0.909. The van der Waals surface area contributed by atoms with E-state index in [2.05, 4.69) is 34.2 Å². The highest BCUT2D eigenvalue weighted by molar-refractivity contribution is 7.99. The Kier molecular flexibility index (Phi) is 7.27. The van der Waals surface area contributed by atoms with Gasteiger partial charge in [0.1, 0.15) is 0 Å². The van der Waals surface area contributed by atoms with Gasteiger partial charge in [-0.2, -0.15) is 4.98 Å². The number of hydrogen-bond acceptors (Lipinski definition) is 8. The van der Waals surface area contributed by atoms with Crippen LogP contribution in [0.5, 0.6) is 0 Å². The van der Waals surface area contributed by atoms with Crippen LogP contribution in [0.2, 0.25) is 5.02 Å². The lowest BCUT2D eigenvalue weighted by molar-refractivity contribution is -0.142. The predicted octanol–water partition coefficient (Wildman–Crippen LogP) is 4.04. The summed E-state index contributed by atoms with van der Waals surface area (Å²) >= 11 is 7.22. The monoisotopic (exact) mass is 435 g/mol. The average molecular weight is 436 g/mol. The van der Waals surface area contributed by atoms with E-state index in [1.54, 1.807) is 12.1 Å². The van der Waals surface area contributed by atoms with Crippen LogP contribution in [0.4, 0.5) is 0 Å². The third kappa shape index (κ3) is 5.80. The lowest BCUT2D eigenvalue weighted by Crippen LogP contribution is -2.09. The van der Waals surface area contributed by atoms with Crippen molar-refractivity contribution >= 4 is 29.3 Å². The van der Waals surface area contributed by atoms with Crippen molar-refractivity contribution in [3.05, 3.63) is 41.0 Å². The van der Waals surface area contributed by atoms with Crippen molar-refractivity contribution in [1.29, 1.82) is 0 Å². The Morgan fingerprint density at radius 3 is 2.72 bits per heavy atom. The van der Waals surface area contributed by atoms with Gasteiger partial charge in [-0.3, -0.25) is 4.79 Å². The van der Waals surface area contributed by atoms with E-state index in [4.69, 9.17) is 20.9 Å². The molecular formula is C19H22ClN5O3S. The minimum atomic E-state index is -0.391. The Morgan fingerprint density at radius 1 is 1.28 bits per heavy atom. The van der Waals surface area contributed by atoms with Gasteiger partial charge in [0.15, 0.2) is 23.4 Å². The molecule has 2 aromatic heterocycles. The van der Waals surface area contributed by atoms with Gasteiger partial charge in [0.2, 0.25) is 0 Å². The van der Waals surface area contributed by atoms with E-state index in [-0.39, 0.29) is 12.4 Å². The summed E-state index contributed by atoms with van der Waals surface area (Å²) in [4.78, 5) is 16.3. The Bertz CT molecular complexity index is 955. The molecule has 2 heterocycles. The predicted molar refractivity (Wildman–Crippen MR) is 110 cm³/mol. The van der Waals surface area contributed by atoms with Crippen molar-refractivity contribution in [1.82, 2.24) is 24.9 Å². The zero-order valence-electron chi connectivity index (χ0n) is 16.5. The summed E-state index contributed by atoms with van der Waals surface area (Å²) < 4.78 is 12.3. The first-order valence-electron chi connectivity index (χ1n) is 9.25. The largest absolute Gasteiger partial charge is 0.455 e. The minimum absolute atomic E-state index is 0.0407. The number of esters is 1. The van der Waals surface area contributed by atoms with E-state index in [0.29, 0.717) is 34.4 Å². The molecule has 0 saturated heterocycles. The number of thioether (sulfide) groups is 1. The van der Waals surface area contributed by atoms with Crippen LogP contribution < -0.4 is 0 Å². The van der Waals surface area contributed by atoms with E-state index in [9.17, 15) is 4.79 Å². The van der Waals surface area contributed by atoms with E-state index in [1.165, 1.54) is 11.8 Å². The normalized spacial score (nSPS) is 11.2. The fourth-order valence-electron chi connectivity index (χ4n) is 2.60. The maximum Gasteiger partial charge on any atom is 0.316 e. The summed E-state index contributed by atoms with van der Waals surface area (Å²) in [6.45, 7) is 6.76. The highest BCUT2D eigenvalue weighted by Crippen LogP contribution is 2.25. The number of ether oxygens (including phenoxy) is 1. The molecule has 10 heteroatoms. The van der Waals surface area contributed by atoms with Crippen LogP contribution >= 0.6 is 23.4 Å². The van der Waals surface area contributed by atoms with E-state index >= 15 is 0 Å². The molecule has 1 aromatic carbocycles. The summed E-state index contributed by atoms with van der Waals surface area (Å²) in [5, 5.41) is 13.6. The molecule has 0 aliphatic heterocycles. The fourth-order valence-corrected chi connectivity index (χ4v) is 3.52. The lowest BCUT2D eigenvalue weighted by atomic mass is 10.1. The van der Waals surface area contributed by atoms with Gasteiger partial charge in [0.05, 0.1) is 5.75 Å². The van der Waals surface area contributed by atoms with Crippen LogP contribution in [-0.2, 0) is 29.1 Å². The second-order valence-electron chi connectivity index (χ2n) is 6.71. The van der Waals surface area contributed by atoms with Crippen LogP contribution in [0.3, 0.4) is 0 Å². The van der Waals surface area contributed by atoms with E-state index in [0.717, 1.165) is 17.8 Å². The van der Waals surface area contributed by atoms with Crippen molar-refractivity contribution in [3.63, 3.8) is 0 Å². The van der Waals surface area contributed by atoms with Crippen molar-refractivity contribution in [3.8, 4) is 11.4 Å². The molecule has 154 valence electrons. The van der Waals surface area contributed by atoms with Crippen LogP contribution in [0.1, 0.15) is 32.5 Å². The maximum absolute atomic E-state index is 12.1. The molecule has 0 unspecified atom stereocenters. The first-order valence-corrected chi connectivity index (χ1v) is 10.6. The SMILES string of the molecule is CCn1c(SCC(=O)OCc2nc(CC(C)C)no2)nnc1-c1ccc(Cl)cc1. The molecule has 0 bridgehead atoms. The second-order valence-corrected chi connectivity index (χ2v) is 8.09. The van der Waals surface area contributed by atoms with Gasteiger partial charge in [-0.05, 0) is 37.1 Å². The number of rotatable bonds is 9. The molecule has 8 nitrogen and oxygen atoms in total. The highest BCUT2D eigenvalue weighted by Gasteiger charge is 2.16. The van der Waals surface area contributed by atoms with Crippen molar-refractivity contribution in [2.45, 2.75) is 45.5 Å². The molecule has 0 radical (unpaired) electrons. The number of hydrogen-bond donors (Lipinski definition) is 0. The smallest absolute Gasteiger partial charge is 0.316 e. The quantitative estimate of drug-likeness (QED) is 0.367. The molecule has 0 fully saturated rings. The molecule has 0 atom stereocenters. The summed E-state index contributed by atoms with van der Waals surface area (Å²) in [6, 6.07) is 7.39. The Labute approximate surface area is 178 Å². The molecule has 3 rings (SSSR count). The third-order valence-electron chi connectivity index (χ3n) is 3.91. The van der Waals surface area contributed by atoms with Gasteiger partial charge in [0.25, 0.3) is 5.89 Å². The maximum atomic E-state index is 12.1. The zero-order chi connectivity index (χ0) is 20.8. The second kappa shape index (κ2) is 9.89. The van der Waals surface area contributed by atoms with Crippen molar-refractivity contribution in [2.75, 3.05) is 5.75 Å². The van der Waals surface area contributed by atoms with Crippen LogP contribution in [0.25, 0.3) is 11.4 Å². The van der Waals surface area contributed by atoms with Crippen molar-refractivity contribution < 1.29 is 14.1 Å². The number of aromatic nitrogens is 5. The van der Waals surface area contributed by atoms with Crippen LogP contribution in [0.15, 0.2) is 33.9 Å². The first kappa shape index (κ1) is 21.3. The summed E-state index contributed by atoms with van der Waals surface area (Å²) in [6.07, 6.45) is 0.718. The average Bonchev–Trinajstić information content (AvgIpc) is 3.31. The highest BCUT2D eigenvalue weighted by atomic mass is 35.5. The summed E-state index contributed by atoms with van der Waals surface area (Å²) in [5.74, 6) is 1.77. The molecule has 0 aliphatic carbocycles. The van der Waals surface area contributed by atoms with Crippen LogP contribution in [-0.4, -0.2) is 36.6 Å². The Balaban J connectivity index is 1.55. The van der Waals surface area contributed by atoms with Gasteiger partial charge in [-0.25, -0.2) is 0 Å². The molecule has 0 aliphatic rings. The van der Waals surface area contributed by atoms with E-state index < -0.39 is 5.97 Å².